The summed E-state index contributed by atoms with van der Waals surface area (Å²) in [6.45, 7) is 10.6. The highest BCUT2D eigenvalue weighted by Crippen LogP contribution is 2.34. The van der Waals surface area contributed by atoms with Gasteiger partial charge in [0.05, 0.1) is 0 Å². The quantitative estimate of drug-likeness (QED) is 0.453. The molecular weight excluding hydrogens is 124 g/mol. The van der Waals surface area contributed by atoms with Crippen molar-refractivity contribution in [1.82, 2.24) is 4.90 Å². The van der Waals surface area contributed by atoms with Crippen LogP contribution in [0, 0.1) is 6.57 Å². The topological polar surface area (TPSA) is 7.60 Å². The molecule has 2 heteroatoms. The third-order valence-corrected chi connectivity index (χ3v) is 2.92. The first-order valence-corrected chi connectivity index (χ1v) is 3.96. The first kappa shape index (κ1) is 6.18. The van der Waals surface area contributed by atoms with E-state index in [1.165, 1.54) is 19.6 Å². The minimum absolute atomic E-state index is 0.0781. The smallest absolute Gasteiger partial charge is 0.236 e. The molecule has 0 aromatic rings. The van der Waals surface area contributed by atoms with Crippen molar-refractivity contribution in [2.75, 3.05) is 19.6 Å². The predicted molar refractivity (Wildman–Crippen MR) is 39.6 cm³/mol. The number of hydrogen-bond acceptors (Lipinski definition) is 1. The Morgan fingerprint density at radius 1 is 1.10 bits per heavy atom. The molecule has 0 aromatic heterocycles. The zero-order valence-corrected chi connectivity index (χ0v) is 6.14. The maximum atomic E-state index is 7.08. The van der Waals surface area contributed by atoms with E-state index in [9.17, 15) is 0 Å². The summed E-state index contributed by atoms with van der Waals surface area (Å²) in [6.07, 6.45) is 3.36. The van der Waals surface area contributed by atoms with Crippen molar-refractivity contribution >= 4 is 0 Å². The lowest BCUT2D eigenvalue weighted by Crippen LogP contribution is -2.50. The molecule has 0 amide bonds. The highest BCUT2D eigenvalue weighted by atomic mass is 15.2. The Kier molecular flexibility index (Phi) is 1.21. The Balaban J connectivity index is 2.17. The molecule has 3 heterocycles. The summed E-state index contributed by atoms with van der Waals surface area (Å²) < 4.78 is 0. The molecule has 0 spiro atoms. The molecule has 3 fully saturated rings. The van der Waals surface area contributed by atoms with E-state index in [-0.39, 0.29) is 5.54 Å². The second-order valence-electron chi connectivity index (χ2n) is 3.43. The second kappa shape index (κ2) is 1.96. The molecule has 0 saturated carbocycles. The van der Waals surface area contributed by atoms with Gasteiger partial charge < -0.3 is 9.74 Å². The zero-order valence-electron chi connectivity index (χ0n) is 6.14. The average molecular weight is 136 g/mol. The van der Waals surface area contributed by atoms with Gasteiger partial charge in [0.1, 0.15) is 0 Å². The van der Waals surface area contributed by atoms with E-state index in [1.54, 1.807) is 0 Å². The third-order valence-electron chi connectivity index (χ3n) is 2.92. The number of rotatable bonds is 0. The van der Waals surface area contributed by atoms with Gasteiger partial charge in [0, 0.05) is 38.9 Å². The van der Waals surface area contributed by atoms with Crippen LogP contribution in [0.5, 0.6) is 0 Å². The van der Waals surface area contributed by atoms with Crippen LogP contribution >= 0.6 is 0 Å². The van der Waals surface area contributed by atoms with Crippen LogP contribution in [0.15, 0.2) is 0 Å². The van der Waals surface area contributed by atoms with Gasteiger partial charge in [-0.05, 0) is 0 Å². The number of nitrogens with zero attached hydrogens (tertiary/aromatic N) is 2. The molecule has 0 radical (unpaired) electrons. The number of hydrogen-bond donors (Lipinski definition) is 0. The van der Waals surface area contributed by atoms with Crippen LogP contribution in [0.4, 0.5) is 0 Å². The molecule has 2 nitrogen and oxygen atoms in total. The second-order valence-corrected chi connectivity index (χ2v) is 3.43. The summed E-state index contributed by atoms with van der Waals surface area (Å²) in [5.74, 6) is 0. The van der Waals surface area contributed by atoms with Crippen molar-refractivity contribution in [3.05, 3.63) is 11.4 Å². The standard InChI is InChI=1S/C8H12N2/c1-9-8-2-5-10(6-3-8)7-4-8/h2-7H2. The zero-order chi connectivity index (χ0) is 7.03. The fourth-order valence-electron chi connectivity index (χ4n) is 1.98. The van der Waals surface area contributed by atoms with Gasteiger partial charge in [-0.3, -0.25) is 0 Å². The fraction of sp³-hybridized carbons (Fsp3) is 0.875. The summed E-state index contributed by atoms with van der Waals surface area (Å²) in [5.41, 5.74) is 0.0781. The minimum Gasteiger partial charge on any atom is -0.310 e. The van der Waals surface area contributed by atoms with Gasteiger partial charge >= 0.3 is 0 Å². The van der Waals surface area contributed by atoms with Crippen molar-refractivity contribution in [1.29, 1.82) is 0 Å². The first-order valence-electron chi connectivity index (χ1n) is 3.96. The van der Waals surface area contributed by atoms with Gasteiger partial charge in [-0.2, -0.15) is 0 Å². The molecule has 3 aliphatic heterocycles. The van der Waals surface area contributed by atoms with Crippen LogP contribution in [-0.4, -0.2) is 30.1 Å². The lowest BCUT2D eigenvalue weighted by molar-refractivity contribution is 0.109. The predicted octanol–water partition coefficient (Wildman–Crippen LogP) is 1.14. The van der Waals surface area contributed by atoms with Gasteiger partial charge in [-0.25, -0.2) is 6.57 Å². The van der Waals surface area contributed by atoms with Gasteiger partial charge in [-0.1, -0.05) is 0 Å². The van der Waals surface area contributed by atoms with Crippen LogP contribution in [0.2, 0.25) is 0 Å². The van der Waals surface area contributed by atoms with Crippen molar-refractivity contribution in [2.24, 2.45) is 0 Å². The molecule has 0 aliphatic carbocycles. The minimum atomic E-state index is 0.0781. The van der Waals surface area contributed by atoms with Crippen LogP contribution < -0.4 is 0 Å². The normalized spacial score (nSPS) is 44.9. The lowest BCUT2D eigenvalue weighted by atomic mass is 9.81. The summed E-state index contributed by atoms with van der Waals surface area (Å²) in [7, 11) is 0. The van der Waals surface area contributed by atoms with Crippen molar-refractivity contribution < 1.29 is 0 Å². The molecule has 0 atom stereocenters. The van der Waals surface area contributed by atoms with E-state index in [0.29, 0.717) is 0 Å². The molecule has 3 saturated heterocycles. The monoisotopic (exact) mass is 136 g/mol. The van der Waals surface area contributed by atoms with E-state index in [4.69, 9.17) is 6.57 Å². The molecule has 10 heavy (non-hydrogen) atoms. The van der Waals surface area contributed by atoms with E-state index in [1.807, 2.05) is 0 Å². The third kappa shape index (κ3) is 0.741. The Morgan fingerprint density at radius 3 is 1.90 bits per heavy atom. The molecule has 0 unspecified atom stereocenters. The lowest BCUT2D eigenvalue weighted by Gasteiger charge is -2.40. The molecule has 3 aliphatic rings. The average Bonchev–Trinajstić information content (AvgIpc) is 2.08. The summed E-state index contributed by atoms with van der Waals surface area (Å²) in [4.78, 5) is 6.22. The summed E-state index contributed by atoms with van der Waals surface area (Å²) in [6, 6.07) is 0. The molecular formula is C8H12N2. The summed E-state index contributed by atoms with van der Waals surface area (Å²) in [5, 5.41) is 0. The molecule has 0 aromatic carbocycles. The molecule has 54 valence electrons. The van der Waals surface area contributed by atoms with Gasteiger partial charge in [0.25, 0.3) is 0 Å². The van der Waals surface area contributed by atoms with Crippen LogP contribution in [0.1, 0.15) is 19.3 Å². The maximum absolute atomic E-state index is 7.08. The van der Waals surface area contributed by atoms with E-state index in [2.05, 4.69) is 9.74 Å². The van der Waals surface area contributed by atoms with E-state index in [0.717, 1.165) is 19.3 Å². The van der Waals surface area contributed by atoms with Crippen LogP contribution in [0.25, 0.3) is 4.85 Å². The van der Waals surface area contributed by atoms with Crippen molar-refractivity contribution in [2.45, 2.75) is 24.8 Å². The SMILES string of the molecule is [C-]#[N+]C12CCN(CC1)CC2. The van der Waals surface area contributed by atoms with Gasteiger partial charge in [-0.15, -0.1) is 0 Å². The van der Waals surface area contributed by atoms with Crippen molar-refractivity contribution in [3.63, 3.8) is 0 Å². The van der Waals surface area contributed by atoms with Crippen LogP contribution in [-0.2, 0) is 0 Å². The van der Waals surface area contributed by atoms with E-state index >= 15 is 0 Å². The molecule has 3 rings (SSSR count). The summed E-state index contributed by atoms with van der Waals surface area (Å²) >= 11 is 0. The highest BCUT2D eigenvalue weighted by Gasteiger charge is 2.44. The largest absolute Gasteiger partial charge is 0.310 e. The van der Waals surface area contributed by atoms with Gasteiger partial charge in [0.2, 0.25) is 5.54 Å². The Hall–Kier alpha value is -0.550. The van der Waals surface area contributed by atoms with E-state index < -0.39 is 0 Å². The first-order chi connectivity index (χ1) is 4.85. The van der Waals surface area contributed by atoms with Crippen molar-refractivity contribution in [3.8, 4) is 0 Å². The highest BCUT2D eigenvalue weighted by molar-refractivity contribution is 5.06. The number of piperidine rings is 3. The Morgan fingerprint density at radius 2 is 1.60 bits per heavy atom. The maximum Gasteiger partial charge on any atom is 0.236 e. The fourth-order valence-corrected chi connectivity index (χ4v) is 1.98. The van der Waals surface area contributed by atoms with Crippen LogP contribution in [0.3, 0.4) is 0 Å². The Bertz CT molecular complexity index is 158. The van der Waals surface area contributed by atoms with Gasteiger partial charge in [0.15, 0.2) is 0 Å². The molecule has 0 N–H and O–H groups in total. The number of fused-ring (bicyclic) bond motifs is 3. The Labute approximate surface area is 61.6 Å². The molecule has 2 bridgehead atoms.